The van der Waals surface area contributed by atoms with E-state index in [9.17, 15) is 43.2 Å². The molecule has 0 aliphatic heterocycles. The van der Waals surface area contributed by atoms with Gasteiger partial charge in [0.15, 0.2) is 12.2 Å². The fourth-order valence-corrected chi connectivity index (χ4v) is 13.1. The molecule has 0 aromatic rings. The maximum Gasteiger partial charge on any atom is 0.472 e. The summed E-state index contributed by atoms with van der Waals surface area (Å²) >= 11 is 0. The Morgan fingerprint density at radius 2 is 0.500 bits per heavy atom. The van der Waals surface area contributed by atoms with Crippen LogP contribution in [0.5, 0.6) is 0 Å². The average molecular weight is 1510 g/mol. The molecule has 17 nitrogen and oxygen atoms in total. The molecule has 3 N–H and O–H groups in total. The standard InChI is InChI=1S/C85H152O17P2/c1-5-9-13-17-21-25-29-33-37-38-39-40-44-48-52-56-60-64-68-72-85(90)102-81(76-96-83(88)70-66-62-58-54-50-46-42-35-31-27-23-19-15-11-7-3)78-100-104(93,94)98-74-79(86)73-97-103(91,92)99-77-80(101-84(89)71-67-63-59-55-51-47-43-36-32-28-24-20-16-12-8-4)75-95-82(87)69-65-61-57-53-49-45-41-34-30-26-22-18-14-10-6-2/h9,13,21,25,28,32-33,35,37,39-40,42,48,52,79-81,86H,5-8,10-12,14-20,22-24,26-27,29-31,34,36,38,41,43-47,49-51,53-78H2,1-4H3,(H,91,92)(H,93,94)/b13-9-,25-21-,32-28-,37-33-,40-39-,42-35-,52-48-/t79-,80+,81+/m0/s1. The number of carbonyl (C=O) groups is 4. The van der Waals surface area contributed by atoms with Crippen LogP contribution in [-0.2, 0) is 65.4 Å². The first-order valence-electron chi connectivity index (χ1n) is 41.8. The lowest BCUT2D eigenvalue weighted by molar-refractivity contribution is -0.161. The second-order valence-electron chi connectivity index (χ2n) is 28.0. The Morgan fingerprint density at radius 3 is 0.798 bits per heavy atom. The molecule has 5 atom stereocenters. The minimum atomic E-state index is -4.99. The third-order valence-corrected chi connectivity index (χ3v) is 19.7. The van der Waals surface area contributed by atoms with Gasteiger partial charge in [-0.1, -0.05) is 312 Å². The molecule has 0 spiro atoms. The second kappa shape index (κ2) is 77.4. The maximum absolute atomic E-state index is 13.1. The van der Waals surface area contributed by atoms with E-state index >= 15 is 0 Å². The van der Waals surface area contributed by atoms with Crippen LogP contribution in [0.4, 0.5) is 0 Å². The van der Waals surface area contributed by atoms with E-state index in [0.29, 0.717) is 25.7 Å². The van der Waals surface area contributed by atoms with Crippen LogP contribution in [0.1, 0.15) is 374 Å². The Labute approximate surface area is 634 Å². The zero-order valence-electron chi connectivity index (χ0n) is 66.2. The number of hydrogen-bond acceptors (Lipinski definition) is 15. The largest absolute Gasteiger partial charge is 0.472 e. The van der Waals surface area contributed by atoms with Crippen molar-refractivity contribution in [3.63, 3.8) is 0 Å². The lowest BCUT2D eigenvalue weighted by atomic mass is 10.0. The van der Waals surface area contributed by atoms with Gasteiger partial charge >= 0.3 is 39.5 Å². The predicted molar refractivity (Wildman–Crippen MR) is 427 cm³/mol. The number of rotatable bonds is 79. The number of unbranched alkanes of at least 4 members (excludes halogenated alkanes) is 39. The number of phosphoric ester groups is 2. The minimum Gasteiger partial charge on any atom is -0.462 e. The zero-order chi connectivity index (χ0) is 76.0. The van der Waals surface area contributed by atoms with E-state index in [0.717, 1.165) is 161 Å². The minimum absolute atomic E-state index is 0.0557. The Balaban J connectivity index is 5.38. The molecule has 0 saturated heterocycles. The van der Waals surface area contributed by atoms with Gasteiger partial charge < -0.3 is 33.8 Å². The van der Waals surface area contributed by atoms with Crippen LogP contribution < -0.4 is 0 Å². The first-order chi connectivity index (χ1) is 50.7. The highest BCUT2D eigenvalue weighted by Crippen LogP contribution is 2.45. The van der Waals surface area contributed by atoms with Gasteiger partial charge in [-0.2, -0.15) is 0 Å². The summed E-state index contributed by atoms with van der Waals surface area (Å²) in [5.41, 5.74) is 0. The molecule has 0 heterocycles. The SMILES string of the molecule is CC/C=C\C/C=C\C/C=C\C/C=C\C/C=C\CCCCCC(=O)O[C@H](COC(=O)CCCCCCC/C=C\CCCCCCCC)COP(=O)(O)OC[C@@H](O)COP(=O)(O)OC[C@@H](COC(=O)CCCCCCCCCCCCCCCCC)OC(=O)CCCCCCCCC/C=C\CCCCCC. The first-order valence-corrected chi connectivity index (χ1v) is 44.8. The van der Waals surface area contributed by atoms with Crippen molar-refractivity contribution < 1.29 is 80.2 Å². The average Bonchev–Trinajstić information content (AvgIpc) is 0.943. The lowest BCUT2D eigenvalue weighted by Gasteiger charge is -2.21. The van der Waals surface area contributed by atoms with Crippen molar-refractivity contribution >= 4 is 39.5 Å². The van der Waals surface area contributed by atoms with Gasteiger partial charge in [-0.15, -0.1) is 0 Å². The molecule has 104 heavy (non-hydrogen) atoms. The lowest BCUT2D eigenvalue weighted by Crippen LogP contribution is -2.30. The number of aliphatic hydroxyl groups is 1. The summed E-state index contributed by atoms with van der Waals surface area (Å²) in [6.07, 6.45) is 81.2. The zero-order valence-corrected chi connectivity index (χ0v) is 68.0. The van der Waals surface area contributed by atoms with E-state index in [1.165, 1.54) is 135 Å². The highest BCUT2D eigenvalue weighted by atomic mass is 31.2. The molecule has 604 valence electrons. The van der Waals surface area contributed by atoms with Gasteiger partial charge in [-0.05, 0) is 122 Å². The molecule has 0 bridgehead atoms. The summed E-state index contributed by atoms with van der Waals surface area (Å²) in [5.74, 6) is -2.20. The molecular weight excluding hydrogens is 1350 g/mol. The predicted octanol–water partition coefficient (Wildman–Crippen LogP) is 24.6. The summed E-state index contributed by atoms with van der Waals surface area (Å²) in [5, 5.41) is 10.7. The van der Waals surface area contributed by atoms with Gasteiger partial charge in [-0.25, -0.2) is 9.13 Å². The Kier molecular flexibility index (Phi) is 74.6. The quantitative estimate of drug-likeness (QED) is 0.0169. The van der Waals surface area contributed by atoms with Crippen LogP contribution in [0.2, 0.25) is 0 Å². The van der Waals surface area contributed by atoms with Crippen molar-refractivity contribution in [2.45, 2.75) is 393 Å². The van der Waals surface area contributed by atoms with Crippen molar-refractivity contribution in [3.05, 3.63) is 85.1 Å². The van der Waals surface area contributed by atoms with Crippen molar-refractivity contribution in [2.75, 3.05) is 39.6 Å². The van der Waals surface area contributed by atoms with Gasteiger partial charge in [0.05, 0.1) is 26.4 Å². The van der Waals surface area contributed by atoms with Gasteiger partial charge in [-0.3, -0.25) is 37.3 Å². The molecule has 0 rings (SSSR count). The summed E-state index contributed by atoms with van der Waals surface area (Å²) in [6, 6.07) is 0. The summed E-state index contributed by atoms with van der Waals surface area (Å²) in [4.78, 5) is 73.1. The highest BCUT2D eigenvalue weighted by Gasteiger charge is 2.30. The van der Waals surface area contributed by atoms with E-state index < -0.39 is 97.5 Å². The molecule has 0 aromatic carbocycles. The van der Waals surface area contributed by atoms with Gasteiger partial charge in [0.25, 0.3) is 0 Å². The molecule has 0 aliphatic carbocycles. The van der Waals surface area contributed by atoms with Gasteiger partial charge in [0.1, 0.15) is 19.3 Å². The van der Waals surface area contributed by atoms with Crippen molar-refractivity contribution in [1.82, 2.24) is 0 Å². The summed E-state index contributed by atoms with van der Waals surface area (Å²) in [7, 11) is -9.96. The number of aliphatic hydroxyl groups excluding tert-OH is 1. The van der Waals surface area contributed by atoms with Crippen LogP contribution in [0.25, 0.3) is 0 Å². The van der Waals surface area contributed by atoms with E-state index in [1.807, 2.05) is 0 Å². The summed E-state index contributed by atoms with van der Waals surface area (Å²) in [6.45, 7) is 4.77. The molecule has 0 radical (unpaired) electrons. The Bertz CT molecular complexity index is 2300. The van der Waals surface area contributed by atoms with E-state index in [1.54, 1.807) is 0 Å². The van der Waals surface area contributed by atoms with Gasteiger partial charge in [0.2, 0.25) is 0 Å². The normalized spacial score (nSPS) is 14.3. The molecule has 0 amide bonds. The molecule has 19 heteroatoms. The highest BCUT2D eigenvalue weighted by molar-refractivity contribution is 7.47. The monoisotopic (exact) mass is 1510 g/mol. The smallest absolute Gasteiger partial charge is 0.462 e. The number of phosphoric acid groups is 2. The maximum atomic E-state index is 13.1. The fourth-order valence-electron chi connectivity index (χ4n) is 11.5. The third-order valence-electron chi connectivity index (χ3n) is 17.8. The van der Waals surface area contributed by atoms with Crippen LogP contribution in [0.15, 0.2) is 85.1 Å². The van der Waals surface area contributed by atoms with Gasteiger partial charge in [0, 0.05) is 25.7 Å². The third kappa shape index (κ3) is 76.4. The molecule has 2 unspecified atom stereocenters. The van der Waals surface area contributed by atoms with E-state index in [4.69, 9.17) is 37.0 Å². The van der Waals surface area contributed by atoms with Crippen LogP contribution >= 0.6 is 15.6 Å². The van der Waals surface area contributed by atoms with Crippen molar-refractivity contribution in [3.8, 4) is 0 Å². The molecular formula is C85H152O17P2. The number of hydrogen-bond donors (Lipinski definition) is 3. The van der Waals surface area contributed by atoms with Crippen LogP contribution in [0.3, 0.4) is 0 Å². The fraction of sp³-hybridized carbons (Fsp3) is 0.788. The second-order valence-corrected chi connectivity index (χ2v) is 30.9. The number of allylic oxidation sites excluding steroid dienone is 14. The molecule has 0 fully saturated rings. The molecule has 0 saturated carbocycles. The van der Waals surface area contributed by atoms with Crippen molar-refractivity contribution in [2.24, 2.45) is 0 Å². The van der Waals surface area contributed by atoms with E-state index in [-0.39, 0.29) is 25.7 Å². The summed E-state index contributed by atoms with van der Waals surface area (Å²) < 4.78 is 68.7. The van der Waals surface area contributed by atoms with Crippen molar-refractivity contribution in [1.29, 1.82) is 0 Å². The Morgan fingerprint density at radius 1 is 0.279 bits per heavy atom. The van der Waals surface area contributed by atoms with E-state index in [2.05, 4.69) is 113 Å². The number of esters is 4. The van der Waals surface area contributed by atoms with Crippen LogP contribution in [-0.4, -0.2) is 96.7 Å². The topological polar surface area (TPSA) is 237 Å². The molecule has 0 aromatic heterocycles. The first kappa shape index (κ1) is 100. The Hall–Kier alpha value is -3.76. The van der Waals surface area contributed by atoms with Crippen LogP contribution in [0, 0.1) is 0 Å². The number of ether oxygens (including phenoxy) is 4. The molecule has 0 aliphatic rings. The number of carbonyl (C=O) groups excluding carboxylic acids is 4.